The second kappa shape index (κ2) is 21.3. The van der Waals surface area contributed by atoms with Crippen molar-refractivity contribution in [3.05, 3.63) is 0 Å². The highest BCUT2D eigenvalue weighted by atomic mass is 16.8. The third-order valence-electron chi connectivity index (χ3n) is 11.3. The minimum absolute atomic E-state index is 0.889. The van der Waals surface area contributed by atoms with E-state index in [1.54, 1.807) is 0 Å². The van der Waals surface area contributed by atoms with Gasteiger partial charge in [0.2, 0.25) is 0 Å². The van der Waals surface area contributed by atoms with E-state index in [2.05, 4.69) is 0 Å². The van der Waals surface area contributed by atoms with E-state index >= 15 is 0 Å². The van der Waals surface area contributed by atoms with Gasteiger partial charge in [0.1, 0.15) is 122 Å². The molecule has 0 spiro atoms. The molecule has 0 aromatic carbocycles. The quantitative estimate of drug-likeness (QED) is 0.0683. The second-order valence-corrected chi connectivity index (χ2v) is 15.4. The highest BCUT2D eigenvalue weighted by molar-refractivity contribution is 5.76. The van der Waals surface area contributed by atoms with Crippen molar-refractivity contribution in [2.24, 2.45) is 0 Å². The Kier molecular flexibility index (Phi) is 17.7. The Hall–Kier alpha value is -1.61. The van der Waals surface area contributed by atoms with Gasteiger partial charge < -0.3 is 140 Å². The number of aliphatic carboxylic acids is 1. The molecule has 29 heteroatoms. The topological polar surface area (TPSA) is 485 Å². The van der Waals surface area contributed by atoms with Crippen molar-refractivity contribution in [2.45, 2.75) is 166 Å². The monoisotopic (exact) mass is 916 g/mol. The van der Waals surface area contributed by atoms with Crippen LogP contribution in [-0.2, 0) is 47.4 Å². The summed E-state index contributed by atoms with van der Waals surface area (Å²) in [5, 5.41) is 198. The van der Waals surface area contributed by atoms with Gasteiger partial charge in [0.05, 0.1) is 39.1 Å². The molecule has 5 saturated heterocycles. The molecule has 5 aliphatic heterocycles. The van der Waals surface area contributed by atoms with Crippen molar-refractivity contribution in [1.82, 2.24) is 0 Å². The summed E-state index contributed by atoms with van der Waals surface area (Å²) in [5.74, 6) is -5.21. The predicted molar refractivity (Wildman–Crippen MR) is 184 cm³/mol. The molecule has 0 radical (unpaired) electrons. The Morgan fingerprint density at radius 3 is 1.47 bits per heavy atom. The number of aliphatic hydroxyl groups excluding tert-OH is 18. The van der Waals surface area contributed by atoms with Crippen molar-refractivity contribution in [3.8, 4) is 0 Å². The number of hydrogen-bond donors (Lipinski definition) is 19. The summed E-state index contributed by atoms with van der Waals surface area (Å²) in [4.78, 5) is 12.6. The van der Waals surface area contributed by atoms with Gasteiger partial charge in [-0.25, -0.2) is 4.79 Å². The van der Waals surface area contributed by atoms with E-state index < -0.39 is 205 Å². The maximum Gasteiger partial charge on any atom is 0.364 e. The predicted octanol–water partition coefficient (Wildman–Crippen LogP) is -12.7. The van der Waals surface area contributed by atoms with E-state index in [-0.39, 0.29) is 0 Å². The van der Waals surface area contributed by atoms with Gasteiger partial charge in [-0.3, -0.25) is 0 Å². The number of aliphatic hydroxyl groups is 18. The van der Waals surface area contributed by atoms with Crippen LogP contribution in [0.15, 0.2) is 0 Å². The van der Waals surface area contributed by atoms with E-state index in [0.717, 1.165) is 0 Å². The lowest BCUT2D eigenvalue weighted by molar-refractivity contribution is -0.398. The van der Waals surface area contributed by atoms with E-state index in [0.29, 0.717) is 0 Å². The van der Waals surface area contributed by atoms with Crippen LogP contribution in [0, 0.1) is 0 Å². The fourth-order valence-corrected chi connectivity index (χ4v) is 7.70. The molecular weight excluding hydrogens is 860 g/mol. The van der Waals surface area contributed by atoms with Gasteiger partial charge in [-0.2, -0.15) is 0 Å². The first-order valence-electron chi connectivity index (χ1n) is 19.3. The molecule has 62 heavy (non-hydrogen) atoms. The molecule has 19 N–H and O–H groups in total. The summed E-state index contributed by atoms with van der Waals surface area (Å²) in [6.45, 7) is -5.15. The summed E-state index contributed by atoms with van der Waals surface area (Å²) in [6.07, 6.45) is -51.6. The average Bonchev–Trinajstić information content (AvgIpc) is 3.25. The number of carboxylic acids is 1. The van der Waals surface area contributed by atoms with Crippen molar-refractivity contribution >= 4 is 5.97 Å². The third kappa shape index (κ3) is 10.2. The average molecular weight is 917 g/mol. The maximum absolute atomic E-state index is 12.6. The molecule has 29 nitrogen and oxygen atoms in total. The van der Waals surface area contributed by atoms with Crippen LogP contribution in [0.4, 0.5) is 0 Å². The van der Waals surface area contributed by atoms with Crippen LogP contribution in [-0.4, -0.2) is 295 Å². The lowest BCUT2D eigenvalue weighted by Crippen LogP contribution is -2.69. The highest BCUT2D eigenvalue weighted by Crippen LogP contribution is 2.39. The second-order valence-electron chi connectivity index (χ2n) is 15.4. The largest absolute Gasteiger partial charge is 0.477 e. The molecule has 0 bridgehead atoms. The number of rotatable bonds is 16. The molecule has 26 atom stereocenters. The van der Waals surface area contributed by atoms with Crippen LogP contribution in [0.1, 0.15) is 6.42 Å². The molecule has 0 saturated carbocycles. The molecule has 0 amide bonds. The summed E-state index contributed by atoms with van der Waals surface area (Å²) in [7, 11) is 0. The molecule has 5 heterocycles. The van der Waals surface area contributed by atoms with Gasteiger partial charge in [-0.15, -0.1) is 0 Å². The first kappa shape index (κ1) is 51.4. The Labute approximate surface area is 349 Å². The van der Waals surface area contributed by atoms with Crippen LogP contribution in [0.2, 0.25) is 0 Å². The fraction of sp³-hybridized carbons (Fsp3) is 0.970. The zero-order valence-electron chi connectivity index (χ0n) is 32.3. The van der Waals surface area contributed by atoms with Gasteiger partial charge in [-0.1, -0.05) is 0 Å². The summed E-state index contributed by atoms with van der Waals surface area (Å²) < 4.78 is 49.1. The molecule has 0 aromatic rings. The number of hydrogen-bond acceptors (Lipinski definition) is 28. The van der Waals surface area contributed by atoms with Crippen molar-refractivity contribution in [3.63, 3.8) is 0 Å². The van der Waals surface area contributed by atoms with Crippen molar-refractivity contribution in [1.29, 1.82) is 0 Å². The molecule has 5 rings (SSSR count). The van der Waals surface area contributed by atoms with Gasteiger partial charge in [0.15, 0.2) is 25.2 Å². The Morgan fingerprint density at radius 2 is 0.968 bits per heavy atom. The van der Waals surface area contributed by atoms with Crippen LogP contribution in [0.3, 0.4) is 0 Å². The first-order chi connectivity index (χ1) is 29.2. The Morgan fingerprint density at radius 1 is 0.532 bits per heavy atom. The fourth-order valence-electron chi connectivity index (χ4n) is 7.70. The van der Waals surface area contributed by atoms with E-state index in [1.165, 1.54) is 0 Å². The van der Waals surface area contributed by atoms with Crippen LogP contribution >= 0.6 is 0 Å². The third-order valence-corrected chi connectivity index (χ3v) is 11.3. The van der Waals surface area contributed by atoms with Crippen molar-refractivity contribution in [2.75, 3.05) is 33.0 Å². The highest BCUT2D eigenvalue weighted by Gasteiger charge is 2.60. The minimum Gasteiger partial charge on any atom is -0.477 e. The van der Waals surface area contributed by atoms with E-state index in [1.807, 2.05) is 0 Å². The first-order valence-corrected chi connectivity index (χ1v) is 19.3. The van der Waals surface area contributed by atoms with E-state index in [4.69, 9.17) is 42.6 Å². The molecule has 5 aliphatic rings. The molecule has 0 aliphatic carbocycles. The zero-order chi connectivity index (χ0) is 46.1. The maximum atomic E-state index is 12.6. The number of carbonyl (C=O) groups is 1. The Bertz CT molecular complexity index is 1410. The lowest BCUT2D eigenvalue weighted by Gasteiger charge is -2.50. The molecule has 1 unspecified atom stereocenters. The molecule has 0 aromatic heterocycles. The number of ether oxygens (including phenoxy) is 9. The number of carboxylic acid groups (broad SMARTS) is 1. The van der Waals surface area contributed by atoms with Gasteiger partial charge in [0.25, 0.3) is 5.79 Å². The normalized spacial score (nSPS) is 50.2. The molecule has 362 valence electrons. The lowest BCUT2D eigenvalue weighted by atomic mass is 9.90. The van der Waals surface area contributed by atoms with Crippen molar-refractivity contribution < 1.29 is 144 Å². The van der Waals surface area contributed by atoms with Gasteiger partial charge >= 0.3 is 5.97 Å². The summed E-state index contributed by atoms with van der Waals surface area (Å²) in [5.41, 5.74) is 0. The Balaban J connectivity index is 1.33. The molecule has 5 fully saturated rings. The summed E-state index contributed by atoms with van der Waals surface area (Å²) in [6, 6.07) is 0. The smallest absolute Gasteiger partial charge is 0.364 e. The zero-order valence-corrected chi connectivity index (χ0v) is 32.3. The van der Waals surface area contributed by atoms with Crippen LogP contribution in [0.25, 0.3) is 0 Å². The van der Waals surface area contributed by atoms with Gasteiger partial charge in [-0.05, 0) is 0 Å². The van der Waals surface area contributed by atoms with E-state index in [9.17, 15) is 102 Å². The SMILES string of the molecule is O=C(O)[C@@]1(O[C@H]2[C@@H](O)[C@@H](CO)O[C@@H](O[C@H]3[C@H](O)[C@@H](O)[C@H](O[C@H]4[C@@H](O)[C@@H](CO)O[C@@H](O[C@H]5[C@H](O)[C@@H](O)C(O)O[C@@H]5CO)[C@@H]4O)O[C@@H]3CO)[C@@H]2O)C[C@H](O)[C@@H](O)[C@H]([C@H](O)[C@H](O)CO)O1. The van der Waals surface area contributed by atoms with Crippen LogP contribution in [0.5, 0.6) is 0 Å². The summed E-state index contributed by atoms with van der Waals surface area (Å²) >= 11 is 0. The van der Waals surface area contributed by atoms with Crippen LogP contribution < -0.4 is 0 Å². The standard InChI is InChI=1S/C33H56O29/c34-2-8(40)14(42)26-13(41)7(39)1-33(61-26,32(52)53)62-27-16(44)10(4-36)56-31(22(27)50)59-24-12(6-38)57-29(20(48)18(24)46)60-25-15(43)9(3-35)55-30(21(25)49)58-23-11(5-37)54-28(51)19(47)17(23)45/h7-31,34-51H,1-6H2,(H,52,53)/t7-,8+,9+,10+,11+,12+,13+,14+,15-,16-,17+,18+,19+,20+,21+,22+,23+,24+,25-,26+,27-,28?,29-,30-,31-,33-/m0/s1. The van der Waals surface area contributed by atoms with Gasteiger partial charge in [0, 0.05) is 6.42 Å². The minimum atomic E-state index is -3.15. The molecular formula is C33H56O29.